The van der Waals surface area contributed by atoms with Gasteiger partial charge in [0.2, 0.25) is 0 Å². The third-order valence-electron chi connectivity index (χ3n) is 11.1. The summed E-state index contributed by atoms with van der Waals surface area (Å²) in [5, 5.41) is 25.4. The number of allylic oxidation sites excluding steroid dienone is 2. The molecule has 2 unspecified atom stereocenters. The Kier molecular flexibility index (Phi) is 1.77. The zero-order valence-electron chi connectivity index (χ0n) is 18.9. The fourth-order valence-electron chi connectivity index (χ4n) is 10.3. The molecule has 0 radical (unpaired) electrons. The molecule has 0 N–H and O–H groups in total. The minimum atomic E-state index is 0.551. The van der Waals surface area contributed by atoms with Crippen LogP contribution in [0.15, 0.2) is 48.6 Å². The lowest BCUT2D eigenvalue weighted by Crippen LogP contribution is -2.11. The van der Waals surface area contributed by atoms with Crippen molar-refractivity contribution in [3.63, 3.8) is 0 Å². The van der Waals surface area contributed by atoms with Gasteiger partial charge in [0, 0.05) is 5.92 Å². The van der Waals surface area contributed by atoms with E-state index in [1.165, 1.54) is 17.2 Å². The lowest BCUT2D eigenvalue weighted by Gasteiger charge is -2.28. The van der Waals surface area contributed by atoms with E-state index in [1.807, 2.05) is 0 Å². The van der Waals surface area contributed by atoms with Crippen LogP contribution in [0.4, 0.5) is 0 Å². The third kappa shape index (κ3) is 1.16. The van der Waals surface area contributed by atoms with Crippen LogP contribution in [0.2, 0.25) is 0 Å². The van der Waals surface area contributed by atoms with Crippen molar-refractivity contribution in [1.82, 2.24) is 0 Å². The molecule has 9 aromatic rings. The summed E-state index contributed by atoms with van der Waals surface area (Å²) in [6.07, 6.45) is 8.41. The first-order valence-corrected chi connectivity index (χ1v) is 13.3. The third-order valence-corrected chi connectivity index (χ3v) is 11.1. The van der Waals surface area contributed by atoms with Crippen molar-refractivity contribution >= 4 is 86.2 Å². The Morgan fingerprint density at radius 2 is 0.943 bits per heavy atom. The molecule has 0 bridgehead atoms. The topological polar surface area (TPSA) is 0 Å². The Labute approximate surface area is 199 Å². The maximum Gasteiger partial charge on any atom is 0.00964 e. The Morgan fingerprint density at radius 1 is 0.457 bits per heavy atom. The highest BCUT2D eigenvalue weighted by Crippen LogP contribution is 2.65. The molecule has 0 aromatic heterocycles. The summed E-state index contributed by atoms with van der Waals surface area (Å²) in [6.45, 7) is 0. The molecule has 0 aliphatic heterocycles. The summed E-state index contributed by atoms with van der Waals surface area (Å²) >= 11 is 0. The van der Waals surface area contributed by atoms with Crippen LogP contribution in [0.25, 0.3) is 86.2 Å². The van der Waals surface area contributed by atoms with Gasteiger partial charge in [0.1, 0.15) is 0 Å². The normalized spacial score (nSPS) is 21.8. The number of hydrogen-bond donors (Lipinski definition) is 0. The van der Waals surface area contributed by atoms with Crippen LogP contribution in [0.3, 0.4) is 0 Å². The molecule has 0 saturated heterocycles. The van der Waals surface area contributed by atoms with Gasteiger partial charge >= 0.3 is 0 Å². The predicted octanol–water partition coefficient (Wildman–Crippen LogP) is 9.05. The highest BCUT2D eigenvalue weighted by atomic mass is 14.4. The maximum absolute atomic E-state index is 2.66. The Bertz CT molecular complexity index is 2520. The number of fused-ring (bicyclic) bond motifs is 3. The minimum absolute atomic E-state index is 0.551. The average molecular weight is 437 g/mol. The zero-order chi connectivity index (χ0) is 21.6. The SMILES string of the molecule is C1=CC2c3cc4c5c6c(cc7ccc8cc9c%10c%11c(cc(c%12c3c5c(c%12%11)c3c6c7c8c%103)C2C1)C9)C4. The van der Waals surface area contributed by atoms with Gasteiger partial charge in [-0.3, -0.25) is 0 Å². The summed E-state index contributed by atoms with van der Waals surface area (Å²) in [4.78, 5) is 0. The van der Waals surface area contributed by atoms with Crippen LogP contribution in [0, 0.1) is 0 Å². The van der Waals surface area contributed by atoms with E-state index in [-0.39, 0.29) is 0 Å². The largest absolute Gasteiger partial charge is 0.0873 e. The Morgan fingerprint density at radius 3 is 1.57 bits per heavy atom. The van der Waals surface area contributed by atoms with E-state index in [4.69, 9.17) is 0 Å². The van der Waals surface area contributed by atoms with Crippen molar-refractivity contribution in [3.05, 3.63) is 81.9 Å². The summed E-state index contributed by atoms with van der Waals surface area (Å²) in [6, 6.07) is 15.2. The van der Waals surface area contributed by atoms with Gasteiger partial charge in [0.15, 0.2) is 0 Å². The van der Waals surface area contributed by atoms with Crippen molar-refractivity contribution < 1.29 is 0 Å². The van der Waals surface area contributed by atoms with Gasteiger partial charge in [-0.25, -0.2) is 0 Å². The molecule has 13 rings (SSSR count). The van der Waals surface area contributed by atoms with Crippen molar-refractivity contribution in [2.24, 2.45) is 0 Å². The molecule has 0 amide bonds. The van der Waals surface area contributed by atoms with Crippen molar-refractivity contribution in [2.75, 3.05) is 0 Å². The van der Waals surface area contributed by atoms with Crippen LogP contribution in [-0.4, -0.2) is 0 Å². The fourth-order valence-corrected chi connectivity index (χ4v) is 10.3. The maximum atomic E-state index is 2.66. The van der Waals surface area contributed by atoms with E-state index >= 15 is 0 Å². The summed E-state index contributed by atoms with van der Waals surface area (Å²) in [5.74, 6) is 1.17. The van der Waals surface area contributed by atoms with E-state index in [9.17, 15) is 0 Å². The summed E-state index contributed by atoms with van der Waals surface area (Å²) < 4.78 is 0. The average Bonchev–Trinajstić information content (AvgIpc) is 3.66. The van der Waals surface area contributed by atoms with E-state index in [2.05, 4.69) is 48.6 Å². The smallest absolute Gasteiger partial charge is 0.00964 e. The first-order chi connectivity index (χ1) is 17.4. The van der Waals surface area contributed by atoms with Gasteiger partial charge in [-0.2, -0.15) is 0 Å². The monoisotopic (exact) mass is 436 g/mol. The Hall–Kier alpha value is -3.90. The molecule has 0 heteroatoms. The molecule has 156 valence electrons. The first-order valence-electron chi connectivity index (χ1n) is 13.3. The summed E-state index contributed by atoms with van der Waals surface area (Å²) in [5.41, 5.74) is 9.62. The van der Waals surface area contributed by atoms with Gasteiger partial charge in [0.25, 0.3) is 0 Å². The second-order valence-electron chi connectivity index (χ2n) is 12.2. The minimum Gasteiger partial charge on any atom is -0.0873 e. The quantitative estimate of drug-likeness (QED) is 0.164. The first kappa shape index (κ1) is 15.2. The molecule has 2 atom stereocenters. The predicted molar refractivity (Wildman–Crippen MR) is 147 cm³/mol. The van der Waals surface area contributed by atoms with Gasteiger partial charge in [-0.15, -0.1) is 0 Å². The number of hydrogen-bond acceptors (Lipinski definition) is 0. The number of benzene rings is 7. The molecule has 35 heavy (non-hydrogen) atoms. The van der Waals surface area contributed by atoms with Gasteiger partial charge in [-0.05, 0) is 145 Å². The second-order valence-corrected chi connectivity index (χ2v) is 12.2. The second kappa shape index (κ2) is 4.07. The standard InChI is InChI=1S/C35H16/c1-2-18-19(3-1)21-11-17-9-15-7-13-5-4-12-6-14-8-16-10-20(18)28-29(21)33-27(17)25(15)31-23(13)22(12)30-24(14)26(16)32(28)35(33)34(30)31/h1-2,4-7,10-11,18-19H,3,8-9H2. The van der Waals surface area contributed by atoms with Crippen LogP contribution in [0.1, 0.15) is 51.6 Å². The fraction of sp³-hybridized carbons (Fsp3) is 0.143. The van der Waals surface area contributed by atoms with Gasteiger partial charge in [-0.1, -0.05) is 48.6 Å². The lowest BCUT2D eigenvalue weighted by atomic mass is 9.75. The molecular weight excluding hydrogens is 420 g/mol. The molecule has 0 fully saturated rings. The highest BCUT2D eigenvalue weighted by Gasteiger charge is 2.41. The zero-order valence-corrected chi connectivity index (χ0v) is 18.9. The molecule has 0 heterocycles. The van der Waals surface area contributed by atoms with E-state index in [0.717, 1.165) is 12.8 Å². The van der Waals surface area contributed by atoms with Gasteiger partial charge in [0.05, 0.1) is 0 Å². The van der Waals surface area contributed by atoms with E-state index in [1.54, 1.807) is 109 Å². The highest BCUT2D eigenvalue weighted by molar-refractivity contribution is 6.58. The molecule has 9 aromatic carbocycles. The van der Waals surface area contributed by atoms with Crippen LogP contribution < -0.4 is 0 Å². The van der Waals surface area contributed by atoms with Gasteiger partial charge < -0.3 is 0 Å². The van der Waals surface area contributed by atoms with Crippen molar-refractivity contribution in [1.29, 1.82) is 0 Å². The van der Waals surface area contributed by atoms with Crippen LogP contribution in [-0.2, 0) is 12.8 Å². The van der Waals surface area contributed by atoms with E-state index in [0.29, 0.717) is 11.8 Å². The van der Waals surface area contributed by atoms with Crippen LogP contribution in [0.5, 0.6) is 0 Å². The molecule has 0 saturated carbocycles. The molecule has 0 spiro atoms. The lowest BCUT2D eigenvalue weighted by molar-refractivity contribution is 0.668. The van der Waals surface area contributed by atoms with Crippen molar-refractivity contribution in [2.45, 2.75) is 31.1 Å². The van der Waals surface area contributed by atoms with E-state index < -0.39 is 0 Å². The number of rotatable bonds is 0. The molecule has 4 aliphatic carbocycles. The van der Waals surface area contributed by atoms with Crippen molar-refractivity contribution in [3.8, 4) is 0 Å². The van der Waals surface area contributed by atoms with Crippen LogP contribution >= 0.6 is 0 Å². The molecule has 4 aliphatic rings. The summed E-state index contributed by atoms with van der Waals surface area (Å²) in [7, 11) is 0. The Balaban J connectivity index is 1.57. The molecule has 0 nitrogen and oxygen atoms in total. The molecular formula is C35H16.